The highest BCUT2D eigenvalue weighted by Gasteiger charge is 2.27. The van der Waals surface area contributed by atoms with Crippen LogP contribution in [0.4, 0.5) is 11.7 Å². The van der Waals surface area contributed by atoms with Crippen LogP contribution in [0.1, 0.15) is 35.5 Å². The number of nitrogens with one attached hydrogen (secondary N) is 1. The van der Waals surface area contributed by atoms with E-state index < -0.39 is 10.0 Å². The Morgan fingerprint density at radius 2 is 1.97 bits per heavy atom. The third-order valence-electron chi connectivity index (χ3n) is 5.07. The molecule has 29 heavy (non-hydrogen) atoms. The molecule has 0 spiro atoms. The number of sulfonamides is 1. The zero-order valence-corrected chi connectivity index (χ0v) is 17.2. The molecular weight excluding hydrogens is 390 g/mol. The number of hydrogen-bond donors (Lipinski definition) is 1. The van der Waals surface area contributed by atoms with Crippen molar-refractivity contribution in [2.75, 3.05) is 18.4 Å². The van der Waals surface area contributed by atoms with Crippen LogP contribution >= 0.6 is 0 Å². The van der Waals surface area contributed by atoms with E-state index >= 15 is 0 Å². The summed E-state index contributed by atoms with van der Waals surface area (Å²) >= 11 is 0. The Balaban J connectivity index is 1.53. The normalized spacial score (nSPS) is 15.0. The lowest BCUT2D eigenvalue weighted by Gasteiger charge is -2.16. The molecule has 1 aliphatic heterocycles. The summed E-state index contributed by atoms with van der Waals surface area (Å²) in [5.41, 5.74) is 2.58. The first kappa shape index (κ1) is 19.5. The van der Waals surface area contributed by atoms with Crippen LogP contribution < -0.4 is 5.32 Å². The van der Waals surface area contributed by atoms with Crippen LogP contribution in [0, 0.1) is 13.8 Å². The van der Waals surface area contributed by atoms with Crippen molar-refractivity contribution in [2.24, 2.45) is 0 Å². The van der Waals surface area contributed by atoms with Gasteiger partial charge >= 0.3 is 0 Å². The minimum atomic E-state index is -3.44. The maximum absolute atomic E-state index is 12.8. The second kappa shape index (κ2) is 7.92. The van der Waals surface area contributed by atoms with Crippen LogP contribution in [-0.4, -0.2) is 40.9 Å². The van der Waals surface area contributed by atoms with E-state index in [4.69, 9.17) is 4.52 Å². The monoisotopic (exact) mass is 413 g/mol. The highest BCUT2D eigenvalue weighted by molar-refractivity contribution is 7.89. The van der Waals surface area contributed by atoms with Crippen LogP contribution in [0.5, 0.6) is 0 Å². The molecule has 3 heterocycles. The Morgan fingerprint density at radius 1 is 1.17 bits per heavy atom. The van der Waals surface area contributed by atoms with Gasteiger partial charge in [-0.3, -0.25) is 0 Å². The summed E-state index contributed by atoms with van der Waals surface area (Å²) in [6, 6.07) is 8.75. The maximum Gasteiger partial charge on any atom is 0.243 e. The first-order valence-electron chi connectivity index (χ1n) is 9.54. The molecule has 9 heteroatoms. The van der Waals surface area contributed by atoms with E-state index in [0.717, 1.165) is 29.7 Å². The van der Waals surface area contributed by atoms with Crippen molar-refractivity contribution < 1.29 is 12.9 Å². The van der Waals surface area contributed by atoms with Gasteiger partial charge in [-0.25, -0.2) is 18.4 Å². The highest BCUT2D eigenvalue weighted by atomic mass is 32.2. The molecule has 1 aromatic carbocycles. The molecule has 0 amide bonds. The molecule has 152 valence electrons. The predicted molar refractivity (Wildman–Crippen MR) is 109 cm³/mol. The number of aromatic nitrogens is 3. The van der Waals surface area contributed by atoms with Gasteiger partial charge in [0.25, 0.3) is 0 Å². The molecule has 0 radical (unpaired) electrons. The van der Waals surface area contributed by atoms with Crippen molar-refractivity contribution in [1.82, 2.24) is 19.4 Å². The number of rotatable bonds is 6. The van der Waals surface area contributed by atoms with Crippen molar-refractivity contribution in [1.29, 1.82) is 0 Å². The molecule has 2 aromatic heterocycles. The fourth-order valence-electron chi connectivity index (χ4n) is 3.28. The minimum absolute atomic E-state index is 0.318. The van der Waals surface area contributed by atoms with Gasteiger partial charge in [-0.15, -0.1) is 0 Å². The molecule has 0 saturated carbocycles. The van der Waals surface area contributed by atoms with E-state index in [1.54, 1.807) is 34.8 Å². The van der Waals surface area contributed by atoms with E-state index in [1.165, 1.54) is 0 Å². The van der Waals surface area contributed by atoms with Crippen molar-refractivity contribution in [3.63, 3.8) is 0 Å². The Labute approximate surface area is 170 Å². The Bertz CT molecular complexity index is 1120. The number of nitrogens with zero attached hydrogens (tertiary/aromatic N) is 4. The molecule has 3 aromatic rings. The first-order valence-corrected chi connectivity index (χ1v) is 11.0. The average Bonchev–Trinajstić information content (AvgIpc) is 3.36. The standard InChI is InChI=1S/C20H23N5O3S/c1-14-15(2)24-28-20(14)23-18-8-9-21-19(22-18)13-16-6-5-7-17(12-16)29(26,27)25-10-3-4-11-25/h5-9,12H,3-4,10-11,13H2,1-2H3,(H,21,22,23). The van der Waals surface area contributed by atoms with Gasteiger partial charge in [0.05, 0.1) is 10.6 Å². The molecule has 0 atom stereocenters. The summed E-state index contributed by atoms with van der Waals surface area (Å²) in [5, 5.41) is 7.04. The van der Waals surface area contributed by atoms with E-state index in [2.05, 4.69) is 20.4 Å². The lowest BCUT2D eigenvalue weighted by Crippen LogP contribution is -2.27. The van der Waals surface area contributed by atoms with Crippen LogP contribution in [-0.2, 0) is 16.4 Å². The van der Waals surface area contributed by atoms with E-state index in [1.807, 2.05) is 19.9 Å². The van der Waals surface area contributed by atoms with Crippen LogP contribution in [0.3, 0.4) is 0 Å². The molecule has 0 bridgehead atoms. The second-order valence-corrected chi connectivity index (χ2v) is 9.08. The second-order valence-electron chi connectivity index (χ2n) is 7.14. The number of hydrogen-bond acceptors (Lipinski definition) is 7. The third-order valence-corrected chi connectivity index (χ3v) is 6.96. The maximum atomic E-state index is 12.8. The molecule has 0 aliphatic carbocycles. The topological polar surface area (TPSA) is 101 Å². The van der Waals surface area contributed by atoms with Crippen molar-refractivity contribution in [2.45, 2.75) is 38.0 Å². The largest absolute Gasteiger partial charge is 0.338 e. The van der Waals surface area contributed by atoms with Gasteiger partial charge in [-0.05, 0) is 50.5 Å². The Hall–Kier alpha value is -2.78. The third kappa shape index (κ3) is 4.15. The lowest BCUT2D eigenvalue weighted by molar-refractivity contribution is 0.429. The summed E-state index contributed by atoms with van der Waals surface area (Å²) in [7, 11) is -3.44. The van der Waals surface area contributed by atoms with E-state index in [9.17, 15) is 8.42 Å². The van der Waals surface area contributed by atoms with Gasteiger partial charge in [-0.2, -0.15) is 4.31 Å². The fourth-order valence-corrected chi connectivity index (χ4v) is 4.87. The molecule has 0 unspecified atom stereocenters. The molecule has 1 fully saturated rings. The number of anilines is 2. The minimum Gasteiger partial charge on any atom is -0.338 e. The van der Waals surface area contributed by atoms with E-state index in [-0.39, 0.29) is 0 Å². The smallest absolute Gasteiger partial charge is 0.243 e. The van der Waals surface area contributed by atoms with Gasteiger partial charge in [0.1, 0.15) is 11.6 Å². The highest BCUT2D eigenvalue weighted by Crippen LogP contribution is 2.23. The Morgan fingerprint density at radius 3 is 2.69 bits per heavy atom. The summed E-state index contributed by atoms with van der Waals surface area (Å²) < 4.78 is 32.4. The van der Waals surface area contributed by atoms with Crippen LogP contribution in [0.15, 0.2) is 45.9 Å². The van der Waals surface area contributed by atoms with Gasteiger partial charge < -0.3 is 9.84 Å². The summed E-state index contributed by atoms with van der Waals surface area (Å²) in [6.45, 7) is 4.97. The molecule has 8 nitrogen and oxygen atoms in total. The molecule has 1 saturated heterocycles. The zero-order valence-electron chi connectivity index (χ0n) is 16.4. The summed E-state index contributed by atoms with van der Waals surface area (Å²) in [6.07, 6.45) is 3.91. The SMILES string of the molecule is Cc1noc(Nc2ccnc(Cc3cccc(S(=O)(=O)N4CCCC4)c3)n2)c1C. The van der Waals surface area contributed by atoms with Crippen molar-refractivity contribution in [3.8, 4) is 0 Å². The lowest BCUT2D eigenvalue weighted by atomic mass is 10.1. The van der Waals surface area contributed by atoms with Crippen molar-refractivity contribution in [3.05, 3.63) is 59.2 Å². The zero-order chi connectivity index (χ0) is 20.4. The number of aryl methyl sites for hydroxylation is 1. The summed E-state index contributed by atoms with van der Waals surface area (Å²) in [4.78, 5) is 9.15. The average molecular weight is 414 g/mol. The van der Waals surface area contributed by atoms with Gasteiger partial charge in [0.15, 0.2) is 0 Å². The molecule has 1 aliphatic rings. The van der Waals surface area contributed by atoms with Gasteiger partial charge in [0, 0.05) is 31.3 Å². The first-order chi connectivity index (χ1) is 13.9. The van der Waals surface area contributed by atoms with E-state index in [0.29, 0.717) is 41.9 Å². The number of benzene rings is 1. The van der Waals surface area contributed by atoms with Crippen molar-refractivity contribution >= 4 is 21.7 Å². The Kier molecular flexibility index (Phi) is 5.33. The van der Waals surface area contributed by atoms with Crippen LogP contribution in [0.2, 0.25) is 0 Å². The fraction of sp³-hybridized carbons (Fsp3) is 0.350. The molecule has 1 N–H and O–H groups in total. The quantitative estimate of drug-likeness (QED) is 0.662. The summed E-state index contributed by atoms with van der Waals surface area (Å²) in [5.74, 6) is 1.72. The molecular formula is C20H23N5O3S. The van der Waals surface area contributed by atoms with Gasteiger partial charge in [0.2, 0.25) is 15.9 Å². The predicted octanol–water partition coefficient (Wildman–Crippen LogP) is 3.20. The molecule has 4 rings (SSSR count). The van der Waals surface area contributed by atoms with Crippen LogP contribution in [0.25, 0.3) is 0 Å². The van der Waals surface area contributed by atoms with Gasteiger partial charge in [-0.1, -0.05) is 17.3 Å².